The van der Waals surface area contributed by atoms with Crippen LogP contribution in [0.4, 0.5) is 0 Å². The second-order valence-corrected chi connectivity index (χ2v) is 5.16. The number of rotatable bonds is 3. The van der Waals surface area contributed by atoms with Gasteiger partial charge in [0.2, 0.25) is 0 Å². The Morgan fingerprint density at radius 2 is 2.12 bits per heavy atom. The largest absolute Gasteiger partial charge is 0.394 e. The second-order valence-electron chi connectivity index (χ2n) is 4.37. The Bertz CT molecular complexity index is 548. The minimum absolute atomic E-state index is 0.214. The van der Waals surface area contributed by atoms with Crippen LogP contribution in [0.25, 0.3) is 10.9 Å². The number of nitrogens with zero attached hydrogens (tertiary/aromatic N) is 1. The van der Waals surface area contributed by atoms with Crippen LogP contribution in [-0.2, 0) is 6.54 Å². The summed E-state index contributed by atoms with van der Waals surface area (Å²) in [4.78, 5) is 0. The van der Waals surface area contributed by atoms with Gasteiger partial charge in [-0.1, -0.05) is 15.9 Å². The van der Waals surface area contributed by atoms with Crippen molar-refractivity contribution in [3.63, 3.8) is 0 Å². The summed E-state index contributed by atoms with van der Waals surface area (Å²) < 4.78 is 3.10. The number of hydrogen-bond donors (Lipinski definition) is 2. The number of aliphatic hydroxyl groups is 2. The smallest absolute Gasteiger partial charge is 0.0949 e. The lowest BCUT2D eigenvalue weighted by atomic mass is 10.1. The average Bonchev–Trinajstić information content (AvgIpc) is 2.69. The molecule has 92 valence electrons. The van der Waals surface area contributed by atoms with E-state index in [9.17, 15) is 5.11 Å². The van der Waals surface area contributed by atoms with Gasteiger partial charge in [0.15, 0.2) is 0 Å². The van der Waals surface area contributed by atoms with Crippen LogP contribution in [0.5, 0.6) is 0 Å². The normalized spacial score (nSPS) is 13.2. The number of halogens is 1. The standard InChI is InChI=1S/C13H16BrNO2/c1-8-5-12-11(9(2)13(8)14)3-4-15(12)6-10(17)7-16/h3-5,10,16-17H,6-7H2,1-2H3/t10-/m1/s1. The van der Waals surface area contributed by atoms with Crippen LogP contribution in [0.15, 0.2) is 22.8 Å². The highest BCUT2D eigenvalue weighted by atomic mass is 79.9. The molecule has 4 heteroatoms. The van der Waals surface area contributed by atoms with Crippen molar-refractivity contribution in [2.45, 2.75) is 26.5 Å². The lowest BCUT2D eigenvalue weighted by Crippen LogP contribution is -2.19. The third-order valence-electron chi connectivity index (χ3n) is 3.06. The predicted molar refractivity (Wildman–Crippen MR) is 72.2 cm³/mol. The van der Waals surface area contributed by atoms with Crippen molar-refractivity contribution < 1.29 is 10.2 Å². The molecule has 1 atom stereocenters. The summed E-state index contributed by atoms with van der Waals surface area (Å²) in [5.74, 6) is 0. The Balaban J connectivity index is 2.54. The molecule has 0 amide bonds. The first-order chi connectivity index (χ1) is 8.04. The van der Waals surface area contributed by atoms with Crippen LogP contribution in [0.2, 0.25) is 0 Å². The Morgan fingerprint density at radius 1 is 1.41 bits per heavy atom. The highest BCUT2D eigenvalue weighted by Crippen LogP contribution is 2.30. The highest BCUT2D eigenvalue weighted by molar-refractivity contribution is 9.10. The SMILES string of the molecule is Cc1cc2c(ccn2C[C@@H](O)CO)c(C)c1Br. The van der Waals surface area contributed by atoms with Gasteiger partial charge in [-0.3, -0.25) is 0 Å². The molecule has 2 rings (SSSR count). The minimum atomic E-state index is -0.713. The lowest BCUT2D eigenvalue weighted by Gasteiger charge is -2.11. The molecule has 0 fully saturated rings. The fourth-order valence-electron chi connectivity index (χ4n) is 2.09. The number of fused-ring (bicyclic) bond motifs is 1. The van der Waals surface area contributed by atoms with E-state index < -0.39 is 6.10 Å². The number of aliphatic hydroxyl groups excluding tert-OH is 2. The van der Waals surface area contributed by atoms with Crippen molar-refractivity contribution in [2.24, 2.45) is 0 Å². The van der Waals surface area contributed by atoms with Crippen LogP contribution >= 0.6 is 15.9 Å². The van der Waals surface area contributed by atoms with Crippen molar-refractivity contribution in [1.82, 2.24) is 4.57 Å². The molecule has 0 radical (unpaired) electrons. The molecule has 0 aliphatic heterocycles. The van der Waals surface area contributed by atoms with Gasteiger partial charge >= 0.3 is 0 Å². The first kappa shape index (κ1) is 12.6. The quantitative estimate of drug-likeness (QED) is 0.914. The van der Waals surface area contributed by atoms with Crippen molar-refractivity contribution in [3.8, 4) is 0 Å². The maximum absolute atomic E-state index is 9.50. The molecular formula is C13H16BrNO2. The van der Waals surface area contributed by atoms with Crippen molar-refractivity contribution in [1.29, 1.82) is 0 Å². The fourth-order valence-corrected chi connectivity index (χ4v) is 2.42. The van der Waals surface area contributed by atoms with E-state index in [2.05, 4.69) is 35.8 Å². The van der Waals surface area contributed by atoms with E-state index in [4.69, 9.17) is 5.11 Å². The summed E-state index contributed by atoms with van der Waals surface area (Å²) in [6, 6.07) is 4.13. The van der Waals surface area contributed by atoms with Gasteiger partial charge in [0.25, 0.3) is 0 Å². The predicted octanol–water partition coefficient (Wildman–Crippen LogP) is 2.37. The third-order valence-corrected chi connectivity index (χ3v) is 4.28. The van der Waals surface area contributed by atoms with Gasteiger partial charge in [-0.25, -0.2) is 0 Å². The van der Waals surface area contributed by atoms with E-state index in [-0.39, 0.29) is 6.61 Å². The topological polar surface area (TPSA) is 45.4 Å². The van der Waals surface area contributed by atoms with Gasteiger partial charge in [-0.2, -0.15) is 0 Å². The molecule has 17 heavy (non-hydrogen) atoms. The number of aromatic nitrogens is 1. The van der Waals surface area contributed by atoms with E-state index in [1.165, 1.54) is 16.5 Å². The molecule has 0 unspecified atom stereocenters. The molecule has 2 N–H and O–H groups in total. The molecule has 0 saturated heterocycles. The monoisotopic (exact) mass is 297 g/mol. The first-order valence-electron chi connectivity index (χ1n) is 5.58. The zero-order chi connectivity index (χ0) is 12.6. The zero-order valence-electron chi connectivity index (χ0n) is 9.94. The number of benzene rings is 1. The molecular weight excluding hydrogens is 282 g/mol. The zero-order valence-corrected chi connectivity index (χ0v) is 11.5. The average molecular weight is 298 g/mol. The van der Waals surface area contributed by atoms with E-state index >= 15 is 0 Å². The third kappa shape index (κ3) is 2.25. The van der Waals surface area contributed by atoms with Gasteiger partial charge < -0.3 is 14.8 Å². The first-order valence-corrected chi connectivity index (χ1v) is 6.37. The number of hydrogen-bond acceptors (Lipinski definition) is 2. The molecule has 0 bridgehead atoms. The van der Waals surface area contributed by atoms with E-state index in [1.807, 2.05) is 16.8 Å². The lowest BCUT2D eigenvalue weighted by molar-refractivity contribution is 0.0822. The summed E-state index contributed by atoms with van der Waals surface area (Å²) >= 11 is 3.58. The molecule has 0 aliphatic carbocycles. The molecule has 3 nitrogen and oxygen atoms in total. The summed E-state index contributed by atoms with van der Waals surface area (Å²) in [7, 11) is 0. The Labute approximate surface area is 109 Å². The van der Waals surface area contributed by atoms with Gasteiger partial charge in [-0.05, 0) is 37.1 Å². The van der Waals surface area contributed by atoms with E-state index in [0.717, 1.165) is 9.99 Å². The van der Waals surface area contributed by atoms with Crippen LogP contribution in [-0.4, -0.2) is 27.5 Å². The Hall–Kier alpha value is -0.840. The summed E-state index contributed by atoms with van der Waals surface area (Å²) in [6.07, 6.45) is 1.23. The Kier molecular flexibility index (Phi) is 3.56. The van der Waals surface area contributed by atoms with Crippen molar-refractivity contribution in [3.05, 3.63) is 33.9 Å². The summed E-state index contributed by atoms with van der Waals surface area (Å²) in [6.45, 7) is 4.33. The van der Waals surface area contributed by atoms with Crippen LogP contribution < -0.4 is 0 Å². The van der Waals surface area contributed by atoms with Gasteiger partial charge in [0.1, 0.15) is 0 Å². The molecule has 1 aromatic carbocycles. The molecule has 0 saturated carbocycles. The minimum Gasteiger partial charge on any atom is -0.394 e. The fraction of sp³-hybridized carbons (Fsp3) is 0.385. The maximum atomic E-state index is 9.50. The maximum Gasteiger partial charge on any atom is 0.0949 e. The number of aryl methyl sites for hydroxylation is 2. The second kappa shape index (κ2) is 4.80. The molecule has 2 aromatic rings. The Morgan fingerprint density at radius 3 is 2.76 bits per heavy atom. The van der Waals surface area contributed by atoms with Crippen LogP contribution in [0.1, 0.15) is 11.1 Å². The summed E-state index contributed by atoms with van der Waals surface area (Å²) in [5, 5.41) is 19.6. The van der Waals surface area contributed by atoms with Crippen molar-refractivity contribution in [2.75, 3.05) is 6.61 Å². The molecule has 1 aromatic heterocycles. The van der Waals surface area contributed by atoms with Gasteiger partial charge in [0.05, 0.1) is 19.3 Å². The molecule has 0 aliphatic rings. The van der Waals surface area contributed by atoms with Gasteiger partial charge in [-0.15, -0.1) is 0 Å². The molecule has 1 heterocycles. The summed E-state index contributed by atoms with van der Waals surface area (Å²) in [5.41, 5.74) is 3.47. The van der Waals surface area contributed by atoms with E-state index in [1.54, 1.807) is 0 Å². The van der Waals surface area contributed by atoms with Crippen LogP contribution in [0, 0.1) is 13.8 Å². The molecule has 0 spiro atoms. The van der Waals surface area contributed by atoms with Gasteiger partial charge in [0, 0.05) is 21.6 Å². The van der Waals surface area contributed by atoms with Crippen molar-refractivity contribution >= 4 is 26.8 Å². The highest BCUT2D eigenvalue weighted by Gasteiger charge is 2.11. The van der Waals surface area contributed by atoms with Crippen LogP contribution in [0.3, 0.4) is 0 Å². The van der Waals surface area contributed by atoms with E-state index in [0.29, 0.717) is 6.54 Å².